The van der Waals surface area contributed by atoms with Crippen LogP contribution in [-0.2, 0) is 0 Å². The summed E-state index contributed by atoms with van der Waals surface area (Å²) >= 11 is 3.49. The third kappa shape index (κ3) is 2.56. The molecule has 0 radical (unpaired) electrons. The van der Waals surface area contributed by atoms with Gasteiger partial charge in [0.15, 0.2) is 0 Å². The number of nitriles is 1. The maximum Gasteiger partial charge on any atom is 0.0677 e. The Kier molecular flexibility index (Phi) is 3.50. The van der Waals surface area contributed by atoms with Gasteiger partial charge in [0, 0.05) is 16.2 Å². The topological polar surface area (TPSA) is 35.8 Å². The summed E-state index contributed by atoms with van der Waals surface area (Å²) in [6, 6.07) is 8.98. The number of aryl methyl sites for hydroxylation is 1. The van der Waals surface area contributed by atoms with Crippen molar-refractivity contribution in [3.8, 4) is 6.07 Å². The minimum Gasteiger partial charge on any atom is -0.381 e. The largest absolute Gasteiger partial charge is 0.381 e. The van der Waals surface area contributed by atoms with Crippen LogP contribution >= 0.6 is 15.9 Å². The Morgan fingerprint density at radius 2 is 2.19 bits per heavy atom. The van der Waals surface area contributed by atoms with Gasteiger partial charge in [-0.25, -0.2) is 0 Å². The van der Waals surface area contributed by atoms with Crippen LogP contribution in [0.2, 0.25) is 0 Å². The highest BCUT2D eigenvalue weighted by Gasteiger charge is 2.26. The van der Waals surface area contributed by atoms with Gasteiger partial charge in [0.25, 0.3) is 0 Å². The van der Waals surface area contributed by atoms with Gasteiger partial charge in [0.1, 0.15) is 0 Å². The number of anilines is 1. The highest BCUT2D eigenvalue weighted by molar-refractivity contribution is 9.10. The van der Waals surface area contributed by atoms with Gasteiger partial charge in [-0.15, -0.1) is 0 Å². The van der Waals surface area contributed by atoms with Crippen LogP contribution in [0.3, 0.4) is 0 Å². The van der Waals surface area contributed by atoms with Crippen molar-refractivity contribution >= 4 is 21.6 Å². The average Bonchev–Trinajstić information content (AvgIpc) is 2.63. The van der Waals surface area contributed by atoms with E-state index in [1.54, 1.807) is 0 Å². The maximum absolute atomic E-state index is 9.02. The van der Waals surface area contributed by atoms with E-state index in [-0.39, 0.29) is 5.92 Å². The minimum atomic E-state index is 0.166. The molecule has 3 heteroatoms. The first-order valence-corrected chi connectivity index (χ1v) is 6.41. The Balaban J connectivity index is 2.12. The van der Waals surface area contributed by atoms with E-state index in [9.17, 15) is 0 Å². The van der Waals surface area contributed by atoms with Crippen molar-refractivity contribution in [1.82, 2.24) is 0 Å². The van der Waals surface area contributed by atoms with Gasteiger partial charge in [0.2, 0.25) is 0 Å². The standard InChI is InChI=1S/C13H15BrN2/c1-9-5-11(14)7-12(6-9)16-13-4-2-3-10(13)8-15/h5-7,10,13,16H,2-4H2,1H3. The molecule has 1 fully saturated rings. The first-order chi connectivity index (χ1) is 7.69. The van der Waals surface area contributed by atoms with E-state index in [1.807, 2.05) is 0 Å². The van der Waals surface area contributed by atoms with Gasteiger partial charge >= 0.3 is 0 Å². The molecule has 0 spiro atoms. The summed E-state index contributed by atoms with van der Waals surface area (Å²) in [4.78, 5) is 0. The minimum absolute atomic E-state index is 0.166. The molecule has 16 heavy (non-hydrogen) atoms. The molecule has 0 heterocycles. The zero-order valence-electron chi connectivity index (χ0n) is 9.33. The van der Waals surface area contributed by atoms with Gasteiger partial charge in [0.05, 0.1) is 12.0 Å². The van der Waals surface area contributed by atoms with Crippen molar-refractivity contribution in [2.45, 2.75) is 32.2 Å². The molecule has 0 bridgehead atoms. The van der Waals surface area contributed by atoms with Crippen molar-refractivity contribution in [1.29, 1.82) is 5.26 Å². The van der Waals surface area contributed by atoms with Crippen molar-refractivity contribution in [2.75, 3.05) is 5.32 Å². The zero-order valence-corrected chi connectivity index (χ0v) is 10.9. The normalized spacial score (nSPS) is 24.1. The van der Waals surface area contributed by atoms with E-state index in [4.69, 9.17) is 5.26 Å². The van der Waals surface area contributed by atoms with Gasteiger partial charge in [-0.05, 0) is 49.9 Å². The highest BCUT2D eigenvalue weighted by atomic mass is 79.9. The van der Waals surface area contributed by atoms with Gasteiger partial charge in [-0.3, -0.25) is 0 Å². The monoisotopic (exact) mass is 278 g/mol. The van der Waals surface area contributed by atoms with Crippen LogP contribution in [-0.4, -0.2) is 6.04 Å². The molecule has 84 valence electrons. The molecule has 0 aliphatic heterocycles. The van der Waals surface area contributed by atoms with Crippen LogP contribution in [0.4, 0.5) is 5.69 Å². The number of halogens is 1. The molecule has 1 saturated carbocycles. The number of hydrogen-bond donors (Lipinski definition) is 1. The zero-order chi connectivity index (χ0) is 11.5. The van der Waals surface area contributed by atoms with Crippen LogP contribution in [0, 0.1) is 24.2 Å². The van der Waals surface area contributed by atoms with Gasteiger partial charge in [-0.2, -0.15) is 5.26 Å². The molecule has 1 aromatic rings. The lowest BCUT2D eigenvalue weighted by Gasteiger charge is -2.17. The number of nitrogens with one attached hydrogen (secondary N) is 1. The van der Waals surface area contributed by atoms with Crippen LogP contribution in [0.1, 0.15) is 24.8 Å². The Hall–Kier alpha value is -1.01. The van der Waals surface area contributed by atoms with Crippen LogP contribution < -0.4 is 5.32 Å². The number of nitrogens with zero attached hydrogens (tertiary/aromatic N) is 1. The van der Waals surface area contributed by atoms with Crippen molar-refractivity contribution in [3.63, 3.8) is 0 Å². The summed E-state index contributed by atoms with van der Waals surface area (Å²) in [7, 11) is 0. The third-order valence-electron chi connectivity index (χ3n) is 3.08. The lowest BCUT2D eigenvalue weighted by atomic mass is 10.1. The smallest absolute Gasteiger partial charge is 0.0677 e. The van der Waals surface area contributed by atoms with E-state index in [2.05, 4.69) is 52.4 Å². The molecule has 2 unspecified atom stereocenters. The Morgan fingerprint density at radius 1 is 1.38 bits per heavy atom. The van der Waals surface area contributed by atoms with Crippen LogP contribution in [0.15, 0.2) is 22.7 Å². The van der Waals surface area contributed by atoms with Gasteiger partial charge in [-0.1, -0.05) is 15.9 Å². The lowest BCUT2D eigenvalue weighted by molar-refractivity contribution is 0.629. The molecule has 2 atom stereocenters. The maximum atomic E-state index is 9.02. The molecule has 2 rings (SSSR count). The second kappa shape index (κ2) is 4.88. The molecule has 0 aromatic heterocycles. The van der Waals surface area contributed by atoms with E-state index in [0.717, 1.165) is 29.4 Å². The van der Waals surface area contributed by atoms with E-state index in [0.29, 0.717) is 6.04 Å². The number of hydrogen-bond acceptors (Lipinski definition) is 2. The molecule has 0 saturated heterocycles. The van der Waals surface area contributed by atoms with Crippen molar-refractivity contribution < 1.29 is 0 Å². The summed E-state index contributed by atoms with van der Waals surface area (Å²) in [6.45, 7) is 2.08. The van der Waals surface area contributed by atoms with E-state index in [1.165, 1.54) is 5.56 Å². The van der Waals surface area contributed by atoms with Crippen LogP contribution in [0.5, 0.6) is 0 Å². The summed E-state index contributed by atoms with van der Waals surface area (Å²) < 4.78 is 1.08. The molecule has 1 aliphatic carbocycles. The fourth-order valence-electron chi connectivity index (χ4n) is 2.32. The predicted molar refractivity (Wildman–Crippen MR) is 69.2 cm³/mol. The fraction of sp³-hybridized carbons (Fsp3) is 0.462. The fourth-order valence-corrected chi connectivity index (χ4v) is 2.93. The van der Waals surface area contributed by atoms with Gasteiger partial charge < -0.3 is 5.32 Å². The summed E-state index contributed by atoms with van der Waals surface area (Å²) in [5, 5.41) is 12.5. The van der Waals surface area contributed by atoms with Crippen molar-refractivity contribution in [2.24, 2.45) is 5.92 Å². The summed E-state index contributed by atoms with van der Waals surface area (Å²) in [5.41, 5.74) is 2.34. The third-order valence-corrected chi connectivity index (χ3v) is 3.53. The first-order valence-electron chi connectivity index (χ1n) is 5.62. The second-order valence-electron chi connectivity index (χ2n) is 4.43. The van der Waals surface area contributed by atoms with Crippen LogP contribution in [0.25, 0.3) is 0 Å². The molecular weight excluding hydrogens is 264 g/mol. The van der Waals surface area contributed by atoms with E-state index < -0.39 is 0 Å². The quantitative estimate of drug-likeness (QED) is 0.892. The summed E-state index contributed by atoms with van der Waals surface area (Å²) in [5.74, 6) is 0.166. The Bertz CT molecular complexity index is 402. The lowest BCUT2D eigenvalue weighted by Crippen LogP contribution is -2.22. The predicted octanol–water partition coefficient (Wildman–Crippen LogP) is 3.86. The SMILES string of the molecule is Cc1cc(Br)cc(NC2CCCC2C#N)c1. The van der Waals surface area contributed by atoms with E-state index >= 15 is 0 Å². The molecule has 1 aliphatic rings. The first kappa shape index (κ1) is 11.5. The Morgan fingerprint density at radius 3 is 2.88 bits per heavy atom. The Labute approximate surface area is 105 Å². The summed E-state index contributed by atoms with van der Waals surface area (Å²) in [6.07, 6.45) is 3.29. The molecule has 1 aromatic carbocycles. The molecule has 1 N–H and O–H groups in total. The van der Waals surface area contributed by atoms with Crippen molar-refractivity contribution in [3.05, 3.63) is 28.2 Å². The average molecular weight is 279 g/mol. The molecule has 0 amide bonds. The molecular formula is C13H15BrN2. The molecule has 2 nitrogen and oxygen atoms in total. The highest BCUT2D eigenvalue weighted by Crippen LogP contribution is 2.29. The number of benzene rings is 1. The second-order valence-corrected chi connectivity index (χ2v) is 5.35. The number of rotatable bonds is 2.